The lowest BCUT2D eigenvalue weighted by Crippen LogP contribution is -2.36. The number of rotatable bonds is 9. The van der Waals surface area contributed by atoms with Crippen molar-refractivity contribution >= 4 is 12.3 Å². The number of carbonyl (C=O) groups excluding carboxylic acids is 2. The highest BCUT2D eigenvalue weighted by molar-refractivity contribution is 5.71. The second-order valence-electron chi connectivity index (χ2n) is 4.66. The van der Waals surface area contributed by atoms with Crippen molar-refractivity contribution in [2.45, 2.75) is 53.1 Å². The third-order valence-corrected chi connectivity index (χ3v) is 2.61. The van der Waals surface area contributed by atoms with E-state index >= 15 is 0 Å². The third-order valence-electron chi connectivity index (χ3n) is 2.61. The lowest BCUT2D eigenvalue weighted by Gasteiger charge is -2.28. The molecule has 0 N–H and O–H groups in total. The molecule has 0 amide bonds. The molecule has 0 fully saturated rings. The summed E-state index contributed by atoms with van der Waals surface area (Å²) in [5.41, 5.74) is -0.667. The Morgan fingerprint density at radius 1 is 1.35 bits per heavy atom. The van der Waals surface area contributed by atoms with Gasteiger partial charge in [-0.05, 0) is 13.3 Å². The molecule has 0 aromatic rings. The zero-order valence-electron chi connectivity index (χ0n) is 11.3. The summed E-state index contributed by atoms with van der Waals surface area (Å²) in [4.78, 5) is 22.5. The molecular weight excluding hydrogens is 220 g/mol. The van der Waals surface area contributed by atoms with Crippen molar-refractivity contribution in [1.82, 2.24) is 0 Å². The number of unbranched alkanes of at least 4 members (excludes halogenated alkanes) is 1. The van der Waals surface area contributed by atoms with Gasteiger partial charge in [0.1, 0.15) is 6.29 Å². The molecule has 17 heavy (non-hydrogen) atoms. The van der Waals surface area contributed by atoms with Crippen LogP contribution in [-0.2, 0) is 19.1 Å². The van der Waals surface area contributed by atoms with Gasteiger partial charge in [-0.15, -0.1) is 0 Å². The molecule has 4 heteroatoms. The number of ether oxygens (including phenoxy) is 2. The van der Waals surface area contributed by atoms with Gasteiger partial charge in [0.15, 0.2) is 0 Å². The lowest BCUT2D eigenvalue weighted by atomic mass is 9.86. The molecule has 0 aliphatic heterocycles. The molecule has 0 saturated heterocycles. The van der Waals surface area contributed by atoms with Crippen molar-refractivity contribution < 1.29 is 19.1 Å². The van der Waals surface area contributed by atoms with Gasteiger partial charge < -0.3 is 14.3 Å². The van der Waals surface area contributed by atoms with E-state index < -0.39 is 11.5 Å². The molecule has 0 aromatic carbocycles. The molecule has 0 bridgehead atoms. The molecule has 100 valence electrons. The Bertz CT molecular complexity index is 236. The van der Waals surface area contributed by atoms with E-state index in [-0.39, 0.29) is 12.4 Å². The first-order valence-corrected chi connectivity index (χ1v) is 6.21. The van der Waals surface area contributed by atoms with Crippen LogP contribution < -0.4 is 0 Å². The smallest absolute Gasteiger partial charge is 0.308 e. The Labute approximate surface area is 104 Å². The van der Waals surface area contributed by atoms with Crippen LogP contribution in [0.25, 0.3) is 0 Å². The molecule has 1 unspecified atom stereocenters. The van der Waals surface area contributed by atoms with Gasteiger partial charge >= 0.3 is 5.97 Å². The maximum Gasteiger partial charge on any atom is 0.308 e. The van der Waals surface area contributed by atoms with Gasteiger partial charge in [-0.25, -0.2) is 0 Å². The zero-order valence-corrected chi connectivity index (χ0v) is 11.3. The fraction of sp³-hybridized carbons (Fsp3) is 0.846. The molecular formula is C13H24O4. The Morgan fingerprint density at radius 2 is 2.00 bits per heavy atom. The van der Waals surface area contributed by atoms with E-state index in [9.17, 15) is 9.59 Å². The second kappa shape index (κ2) is 8.23. The van der Waals surface area contributed by atoms with Crippen LogP contribution in [0.1, 0.15) is 47.0 Å². The summed E-state index contributed by atoms with van der Waals surface area (Å²) in [6.07, 6.45) is 2.39. The highest BCUT2D eigenvalue weighted by Gasteiger charge is 2.32. The highest BCUT2D eigenvalue weighted by atomic mass is 16.5. The Hall–Kier alpha value is -0.900. The summed E-state index contributed by atoms with van der Waals surface area (Å²) < 4.78 is 10.5. The standard InChI is InChI=1S/C13H24O4/c1-5-7-8-17-12(15)9-11(16-6-2)13(3,4)10-14/h10-11H,5-9H2,1-4H3. The van der Waals surface area contributed by atoms with Crippen molar-refractivity contribution in [2.24, 2.45) is 5.41 Å². The van der Waals surface area contributed by atoms with Crippen molar-refractivity contribution in [3.63, 3.8) is 0 Å². The molecule has 0 spiro atoms. The monoisotopic (exact) mass is 244 g/mol. The molecule has 4 nitrogen and oxygen atoms in total. The number of hydrogen-bond acceptors (Lipinski definition) is 4. The fourth-order valence-electron chi connectivity index (χ4n) is 1.35. The predicted molar refractivity (Wildman–Crippen MR) is 65.7 cm³/mol. The quantitative estimate of drug-likeness (QED) is 0.355. The summed E-state index contributed by atoms with van der Waals surface area (Å²) in [6.45, 7) is 8.32. The van der Waals surface area contributed by atoms with Crippen LogP contribution in [0.5, 0.6) is 0 Å². The molecule has 0 aliphatic carbocycles. The first-order chi connectivity index (χ1) is 7.97. The van der Waals surface area contributed by atoms with Crippen molar-refractivity contribution in [3.8, 4) is 0 Å². The molecule has 0 aromatic heterocycles. The van der Waals surface area contributed by atoms with Gasteiger partial charge in [-0.2, -0.15) is 0 Å². The molecule has 0 heterocycles. The van der Waals surface area contributed by atoms with Crippen LogP contribution in [0.3, 0.4) is 0 Å². The van der Waals surface area contributed by atoms with Crippen LogP contribution >= 0.6 is 0 Å². The van der Waals surface area contributed by atoms with E-state index in [1.165, 1.54) is 0 Å². The third kappa shape index (κ3) is 6.41. The number of carbonyl (C=O) groups is 2. The first-order valence-electron chi connectivity index (χ1n) is 6.21. The normalized spacial score (nSPS) is 13.2. The molecule has 1 atom stereocenters. The van der Waals surface area contributed by atoms with Crippen molar-refractivity contribution in [1.29, 1.82) is 0 Å². The van der Waals surface area contributed by atoms with E-state index in [4.69, 9.17) is 9.47 Å². The Morgan fingerprint density at radius 3 is 2.47 bits per heavy atom. The maximum atomic E-state index is 11.5. The summed E-state index contributed by atoms with van der Waals surface area (Å²) in [6, 6.07) is 0. The van der Waals surface area contributed by atoms with Crippen molar-refractivity contribution in [3.05, 3.63) is 0 Å². The highest BCUT2D eigenvalue weighted by Crippen LogP contribution is 2.23. The van der Waals surface area contributed by atoms with E-state index in [2.05, 4.69) is 0 Å². The largest absolute Gasteiger partial charge is 0.466 e. The number of hydrogen-bond donors (Lipinski definition) is 0. The van der Waals surface area contributed by atoms with Crippen LogP contribution in [0.2, 0.25) is 0 Å². The Balaban J connectivity index is 4.24. The Kier molecular flexibility index (Phi) is 7.79. The minimum atomic E-state index is -0.667. The fourth-order valence-corrected chi connectivity index (χ4v) is 1.35. The average Bonchev–Trinajstić information content (AvgIpc) is 2.29. The summed E-state index contributed by atoms with van der Waals surface area (Å²) in [5, 5.41) is 0. The maximum absolute atomic E-state index is 11.5. The van der Waals surface area contributed by atoms with Crippen LogP contribution in [0.4, 0.5) is 0 Å². The van der Waals surface area contributed by atoms with Crippen LogP contribution in [0, 0.1) is 5.41 Å². The van der Waals surface area contributed by atoms with Crippen molar-refractivity contribution in [2.75, 3.05) is 13.2 Å². The van der Waals surface area contributed by atoms with Gasteiger partial charge in [-0.3, -0.25) is 4.79 Å². The lowest BCUT2D eigenvalue weighted by molar-refractivity contribution is -0.150. The van der Waals surface area contributed by atoms with E-state index in [1.54, 1.807) is 13.8 Å². The predicted octanol–water partition coefficient (Wildman–Crippen LogP) is 2.35. The second-order valence-corrected chi connectivity index (χ2v) is 4.66. The minimum absolute atomic E-state index is 0.128. The summed E-state index contributed by atoms with van der Waals surface area (Å²) in [7, 11) is 0. The minimum Gasteiger partial charge on any atom is -0.466 e. The van der Waals surface area contributed by atoms with E-state index in [0.29, 0.717) is 13.2 Å². The van der Waals surface area contributed by atoms with E-state index in [1.807, 2.05) is 13.8 Å². The first kappa shape index (κ1) is 16.1. The zero-order chi connectivity index (χ0) is 13.3. The van der Waals surface area contributed by atoms with Gasteiger partial charge in [0, 0.05) is 12.0 Å². The molecule has 0 radical (unpaired) electrons. The molecule has 0 aliphatic rings. The number of aldehydes is 1. The van der Waals surface area contributed by atoms with Gasteiger partial charge in [0.25, 0.3) is 0 Å². The molecule has 0 saturated carbocycles. The van der Waals surface area contributed by atoms with Gasteiger partial charge in [0.05, 0.1) is 19.1 Å². The van der Waals surface area contributed by atoms with Gasteiger partial charge in [0.2, 0.25) is 0 Å². The number of esters is 1. The van der Waals surface area contributed by atoms with E-state index in [0.717, 1.165) is 19.1 Å². The molecule has 0 rings (SSSR count). The SMILES string of the molecule is CCCCOC(=O)CC(OCC)C(C)(C)C=O. The average molecular weight is 244 g/mol. The topological polar surface area (TPSA) is 52.6 Å². The van der Waals surface area contributed by atoms with Crippen LogP contribution in [-0.4, -0.2) is 31.6 Å². The summed E-state index contributed by atoms with van der Waals surface area (Å²) in [5.74, 6) is -0.299. The van der Waals surface area contributed by atoms with Gasteiger partial charge in [-0.1, -0.05) is 27.2 Å². The summed E-state index contributed by atoms with van der Waals surface area (Å²) >= 11 is 0. The van der Waals surface area contributed by atoms with Crippen LogP contribution in [0.15, 0.2) is 0 Å².